The number of fused-ring (bicyclic) bond motifs is 1. The number of carboxylic acid groups (broad SMARTS) is 1. The summed E-state index contributed by atoms with van der Waals surface area (Å²) < 4.78 is 1.03. The zero-order chi connectivity index (χ0) is 15.2. The fraction of sp³-hybridized carbons (Fsp3) is 0.357. The van der Waals surface area contributed by atoms with Gasteiger partial charge in [0.1, 0.15) is 0 Å². The highest BCUT2D eigenvalue weighted by atomic mass is 32.1. The second-order valence-corrected chi connectivity index (χ2v) is 5.75. The van der Waals surface area contributed by atoms with Gasteiger partial charge in [-0.25, -0.2) is 9.78 Å². The molecule has 7 heteroatoms. The highest BCUT2D eigenvalue weighted by Crippen LogP contribution is 2.26. The van der Waals surface area contributed by atoms with E-state index >= 15 is 0 Å². The maximum absolute atomic E-state index is 11.7. The van der Waals surface area contributed by atoms with Crippen LogP contribution >= 0.6 is 11.3 Å². The first-order valence-electron chi connectivity index (χ1n) is 6.68. The predicted octanol–water partition coefficient (Wildman–Crippen LogP) is 2.98. The predicted molar refractivity (Wildman–Crippen MR) is 82.9 cm³/mol. The fourth-order valence-electron chi connectivity index (χ4n) is 1.83. The molecular formula is C14H17N3O3S. The van der Waals surface area contributed by atoms with E-state index in [1.54, 1.807) is 0 Å². The van der Waals surface area contributed by atoms with Gasteiger partial charge in [-0.15, -0.1) is 0 Å². The highest BCUT2D eigenvalue weighted by molar-refractivity contribution is 7.22. The Morgan fingerprint density at radius 2 is 2.14 bits per heavy atom. The van der Waals surface area contributed by atoms with Crippen LogP contribution in [0.25, 0.3) is 10.2 Å². The lowest BCUT2D eigenvalue weighted by molar-refractivity contribution is -0.137. The Kier molecular flexibility index (Phi) is 5.10. The minimum Gasteiger partial charge on any atom is -0.481 e. The topological polar surface area (TPSA) is 91.3 Å². The number of carbonyl (C=O) groups excluding carboxylic acids is 1. The number of aromatic nitrogens is 1. The Morgan fingerprint density at radius 3 is 2.90 bits per heavy atom. The number of carboxylic acids is 1. The molecule has 2 rings (SSSR count). The van der Waals surface area contributed by atoms with E-state index in [2.05, 4.69) is 15.6 Å². The number of urea groups is 1. The molecule has 0 saturated carbocycles. The third-order valence-electron chi connectivity index (χ3n) is 2.87. The van der Waals surface area contributed by atoms with Gasteiger partial charge in [0.25, 0.3) is 0 Å². The number of hydrogen-bond donors (Lipinski definition) is 3. The first-order valence-corrected chi connectivity index (χ1v) is 7.50. The monoisotopic (exact) mass is 307 g/mol. The molecule has 0 aliphatic rings. The quantitative estimate of drug-likeness (QED) is 0.715. The molecular weight excluding hydrogens is 290 g/mol. The molecule has 0 spiro atoms. The number of rotatable bonds is 6. The van der Waals surface area contributed by atoms with E-state index in [9.17, 15) is 9.59 Å². The molecule has 0 saturated heterocycles. The molecule has 6 nitrogen and oxygen atoms in total. The van der Waals surface area contributed by atoms with Gasteiger partial charge in [-0.05, 0) is 37.5 Å². The molecule has 0 atom stereocenters. The van der Waals surface area contributed by atoms with Gasteiger partial charge in [-0.3, -0.25) is 10.1 Å². The molecule has 21 heavy (non-hydrogen) atoms. The number of anilines is 1. The van der Waals surface area contributed by atoms with Crippen molar-refractivity contribution in [2.75, 3.05) is 11.9 Å². The molecule has 0 bridgehead atoms. The molecule has 3 N–H and O–H groups in total. The number of carbonyl (C=O) groups is 2. The van der Waals surface area contributed by atoms with E-state index in [1.165, 1.54) is 11.3 Å². The maximum atomic E-state index is 11.7. The number of hydrogen-bond acceptors (Lipinski definition) is 4. The average molecular weight is 307 g/mol. The SMILES string of the molecule is Cc1ccc2nc(NC(=O)NCCCCC(=O)O)sc2c1. The largest absolute Gasteiger partial charge is 0.481 e. The number of nitrogens with one attached hydrogen (secondary N) is 2. The zero-order valence-corrected chi connectivity index (χ0v) is 12.5. The third kappa shape index (κ3) is 4.71. The van der Waals surface area contributed by atoms with Crippen molar-refractivity contribution in [2.24, 2.45) is 0 Å². The van der Waals surface area contributed by atoms with Crippen LogP contribution in [0.3, 0.4) is 0 Å². The molecule has 0 radical (unpaired) electrons. The molecule has 0 fully saturated rings. The first-order chi connectivity index (χ1) is 10.0. The summed E-state index contributed by atoms with van der Waals surface area (Å²) in [6.45, 7) is 2.46. The van der Waals surface area contributed by atoms with Crippen molar-refractivity contribution in [2.45, 2.75) is 26.2 Å². The summed E-state index contributed by atoms with van der Waals surface area (Å²) in [5.74, 6) is -0.816. The molecule has 1 aromatic heterocycles. The summed E-state index contributed by atoms with van der Waals surface area (Å²) in [5.41, 5.74) is 2.02. The second-order valence-electron chi connectivity index (χ2n) is 4.72. The van der Waals surface area contributed by atoms with Crippen LogP contribution in [-0.2, 0) is 4.79 Å². The fourth-order valence-corrected chi connectivity index (χ4v) is 2.79. The molecule has 1 aromatic carbocycles. The third-order valence-corrected chi connectivity index (χ3v) is 3.80. The minimum absolute atomic E-state index is 0.126. The van der Waals surface area contributed by atoms with Crippen molar-refractivity contribution in [1.29, 1.82) is 0 Å². The van der Waals surface area contributed by atoms with E-state index in [4.69, 9.17) is 5.11 Å². The number of amides is 2. The van der Waals surface area contributed by atoms with Gasteiger partial charge in [0.05, 0.1) is 10.2 Å². The van der Waals surface area contributed by atoms with Gasteiger partial charge in [-0.1, -0.05) is 17.4 Å². The smallest absolute Gasteiger partial charge is 0.321 e. The number of benzene rings is 1. The summed E-state index contributed by atoms with van der Waals surface area (Å²) in [6.07, 6.45) is 1.31. The molecule has 2 aromatic rings. The van der Waals surface area contributed by atoms with Gasteiger partial charge in [0.15, 0.2) is 5.13 Å². The Labute approximate surface area is 126 Å². The lowest BCUT2D eigenvalue weighted by Gasteiger charge is -2.04. The van der Waals surface area contributed by atoms with Crippen molar-refractivity contribution < 1.29 is 14.7 Å². The zero-order valence-electron chi connectivity index (χ0n) is 11.7. The Morgan fingerprint density at radius 1 is 1.33 bits per heavy atom. The van der Waals surface area contributed by atoms with E-state index in [-0.39, 0.29) is 12.5 Å². The number of nitrogens with zero attached hydrogens (tertiary/aromatic N) is 1. The van der Waals surface area contributed by atoms with Crippen LogP contribution in [0, 0.1) is 6.92 Å². The van der Waals surface area contributed by atoms with Crippen LogP contribution in [-0.4, -0.2) is 28.6 Å². The second kappa shape index (κ2) is 7.03. The lowest BCUT2D eigenvalue weighted by atomic mass is 10.2. The van der Waals surface area contributed by atoms with E-state index < -0.39 is 5.97 Å². The lowest BCUT2D eigenvalue weighted by Crippen LogP contribution is -2.29. The van der Waals surface area contributed by atoms with Crippen LogP contribution in [0.15, 0.2) is 18.2 Å². The summed E-state index contributed by atoms with van der Waals surface area (Å²) >= 11 is 1.43. The van der Waals surface area contributed by atoms with Gasteiger partial charge < -0.3 is 10.4 Å². The number of thiazole rings is 1. The van der Waals surface area contributed by atoms with E-state index in [0.29, 0.717) is 24.5 Å². The molecule has 0 aliphatic heterocycles. The van der Waals surface area contributed by atoms with Crippen molar-refractivity contribution >= 4 is 38.7 Å². The number of aryl methyl sites for hydroxylation is 1. The average Bonchev–Trinajstić information content (AvgIpc) is 2.79. The van der Waals surface area contributed by atoms with E-state index in [1.807, 2.05) is 25.1 Å². The van der Waals surface area contributed by atoms with Gasteiger partial charge in [0, 0.05) is 13.0 Å². The summed E-state index contributed by atoms with van der Waals surface area (Å²) in [4.78, 5) is 26.4. The molecule has 1 heterocycles. The van der Waals surface area contributed by atoms with Crippen molar-refractivity contribution in [3.05, 3.63) is 23.8 Å². The van der Waals surface area contributed by atoms with Gasteiger partial charge in [0.2, 0.25) is 0 Å². The molecule has 2 amide bonds. The van der Waals surface area contributed by atoms with Crippen molar-refractivity contribution in [3.8, 4) is 0 Å². The first kappa shape index (κ1) is 15.2. The number of aliphatic carboxylic acids is 1. The Bertz CT molecular complexity index is 654. The summed E-state index contributed by atoms with van der Waals surface area (Å²) in [7, 11) is 0. The van der Waals surface area contributed by atoms with Crippen LogP contribution in [0.4, 0.5) is 9.93 Å². The van der Waals surface area contributed by atoms with Crippen molar-refractivity contribution in [3.63, 3.8) is 0 Å². The van der Waals surface area contributed by atoms with Crippen LogP contribution < -0.4 is 10.6 Å². The number of unbranched alkanes of at least 4 members (excludes halogenated alkanes) is 1. The van der Waals surface area contributed by atoms with Gasteiger partial charge >= 0.3 is 12.0 Å². The summed E-state index contributed by atoms with van der Waals surface area (Å²) in [5, 5.41) is 14.4. The molecule has 0 aliphatic carbocycles. The van der Waals surface area contributed by atoms with E-state index in [0.717, 1.165) is 15.8 Å². The standard InChI is InChI=1S/C14H17N3O3S/c1-9-5-6-10-11(8-9)21-14(16-10)17-13(20)15-7-3-2-4-12(18)19/h5-6,8H,2-4,7H2,1H3,(H,18,19)(H2,15,16,17,20). The van der Waals surface area contributed by atoms with Crippen LogP contribution in [0.5, 0.6) is 0 Å². The Hall–Kier alpha value is -2.15. The van der Waals surface area contributed by atoms with Gasteiger partial charge in [-0.2, -0.15) is 0 Å². The summed E-state index contributed by atoms with van der Waals surface area (Å²) in [6, 6.07) is 5.62. The molecule has 112 valence electrons. The Balaban J connectivity index is 1.80. The van der Waals surface area contributed by atoms with Crippen molar-refractivity contribution in [1.82, 2.24) is 10.3 Å². The van der Waals surface area contributed by atoms with Crippen LogP contribution in [0.2, 0.25) is 0 Å². The maximum Gasteiger partial charge on any atom is 0.321 e. The van der Waals surface area contributed by atoms with Crippen LogP contribution in [0.1, 0.15) is 24.8 Å². The normalized spacial score (nSPS) is 10.5. The molecule has 0 unspecified atom stereocenters. The minimum atomic E-state index is -0.816. The highest BCUT2D eigenvalue weighted by Gasteiger charge is 2.07.